The number of carbonyl (C=O) groups is 1. The first-order valence-electron chi connectivity index (χ1n) is 8.38. The average molecular weight is 341 g/mol. The number of rotatable bonds is 4. The molecule has 0 aliphatic carbocycles. The minimum atomic E-state index is -0.192. The predicted molar refractivity (Wildman–Crippen MR) is 86.7 cm³/mol. The van der Waals surface area contributed by atoms with Gasteiger partial charge in [0.25, 0.3) is 5.91 Å². The van der Waals surface area contributed by atoms with E-state index in [1.165, 1.54) is 0 Å². The van der Waals surface area contributed by atoms with Crippen molar-refractivity contribution in [1.29, 1.82) is 0 Å². The third-order valence-electron chi connectivity index (χ3n) is 4.34. The highest BCUT2D eigenvalue weighted by Crippen LogP contribution is 2.31. The van der Waals surface area contributed by atoms with Gasteiger partial charge in [0, 0.05) is 18.9 Å². The smallest absolute Gasteiger partial charge is 0.290 e. The molecule has 1 atom stereocenters. The normalized spacial score (nSPS) is 17.8. The number of nitrogens with zero attached hydrogens (tertiary/aromatic N) is 5. The monoisotopic (exact) mass is 341 g/mol. The van der Waals surface area contributed by atoms with E-state index in [0.717, 1.165) is 19.3 Å². The second-order valence-electron chi connectivity index (χ2n) is 6.16. The fourth-order valence-corrected chi connectivity index (χ4v) is 3.15. The Morgan fingerprint density at radius 2 is 2.28 bits per heavy atom. The zero-order chi connectivity index (χ0) is 17.2. The Morgan fingerprint density at radius 3 is 3.04 bits per heavy atom. The minimum absolute atomic E-state index is 0.146. The lowest BCUT2D eigenvalue weighted by atomic mass is 10.0. The van der Waals surface area contributed by atoms with E-state index in [-0.39, 0.29) is 11.9 Å². The van der Waals surface area contributed by atoms with Gasteiger partial charge in [0.2, 0.25) is 5.89 Å². The number of likely N-dealkylation sites (tertiary alicyclic amines) is 1. The van der Waals surface area contributed by atoms with Crippen LogP contribution in [0, 0.1) is 6.92 Å². The Kier molecular flexibility index (Phi) is 4.09. The van der Waals surface area contributed by atoms with Crippen molar-refractivity contribution in [1.82, 2.24) is 24.8 Å². The van der Waals surface area contributed by atoms with E-state index in [9.17, 15) is 4.79 Å². The molecule has 3 aromatic heterocycles. The summed E-state index contributed by atoms with van der Waals surface area (Å²) in [6.07, 6.45) is 6.35. The Bertz CT molecular complexity index is 851. The molecule has 0 bridgehead atoms. The summed E-state index contributed by atoms with van der Waals surface area (Å²) >= 11 is 0. The van der Waals surface area contributed by atoms with Gasteiger partial charge in [-0.3, -0.25) is 9.48 Å². The van der Waals surface area contributed by atoms with Gasteiger partial charge >= 0.3 is 0 Å². The van der Waals surface area contributed by atoms with Crippen molar-refractivity contribution in [3.05, 3.63) is 53.8 Å². The van der Waals surface area contributed by atoms with E-state index in [4.69, 9.17) is 8.94 Å². The van der Waals surface area contributed by atoms with Crippen molar-refractivity contribution >= 4 is 5.91 Å². The molecule has 0 aromatic carbocycles. The van der Waals surface area contributed by atoms with Crippen molar-refractivity contribution in [3.8, 4) is 0 Å². The molecule has 3 aromatic rings. The molecule has 4 rings (SSSR count). The van der Waals surface area contributed by atoms with Gasteiger partial charge in [0.05, 0.1) is 6.54 Å². The molecule has 130 valence electrons. The molecule has 0 N–H and O–H groups in total. The Balaban J connectivity index is 1.53. The lowest BCUT2D eigenvalue weighted by molar-refractivity contribution is 0.0527. The molecule has 1 amide bonds. The first-order valence-corrected chi connectivity index (χ1v) is 8.38. The zero-order valence-corrected chi connectivity index (χ0v) is 14.0. The number of carbonyl (C=O) groups excluding carboxylic acids is 1. The minimum Gasteiger partial charge on any atom is -0.454 e. The van der Waals surface area contributed by atoms with E-state index in [1.807, 2.05) is 18.3 Å². The van der Waals surface area contributed by atoms with Gasteiger partial charge in [-0.25, -0.2) is 0 Å². The molecule has 1 fully saturated rings. The second kappa shape index (κ2) is 6.54. The molecule has 1 saturated heterocycles. The fourth-order valence-electron chi connectivity index (χ4n) is 3.15. The SMILES string of the molecule is Cc1noc([C@H]2CCCCN2C(=O)c2ccc(Cn3cccn3)o2)n1. The number of aryl methyl sites for hydroxylation is 1. The maximum atomic E-state index is 12.9. The quantitative estimate of drug-likeness (QED) is 0.724. The summed E-state index contributed by atoms with van der Waals surface area (Å²) in [6.45, 7) is 2.92. The fraction of sp³-hybridized carbons (Fsp3) is 0.412. The summed E-state index contributed by atoms with van der Waals surface area (Å²) in [7, 11) is 0. The van der Waals surface area contributed by atoms with Crippen LogP contribution in [0.3, 0.4) is 0 Å². The summed E-state index contributed by atoms with van der Waals surface area (Å²) in [5, 5.41) is 7.99. The number of hydrogen-bond acceptors (Lipinski definition) is 6. The van der Waals surface area contributed by atoms with Crippen molar-refractivity contribution in [2.75, 3.05) is 6.54 Å². The number of piperidine rings is 1. The molecular weight excluding hydrogens is 322 g/mol. The van der Waals surface area contributed by atoms with Crippen LogP contribution in [0.25, 0.3) is 0 Å². The van der Waals surface area contributed by atoms with E-state index in [0.29, 0.717) is 36.3 Å². The highest BCUT2D eigenvalue weighted by Gasteiger charge is 2.33. The van der Waals surface area contributed by atoms with E-state index in [2.05, 4.69) is 15.2 Å². The van der Waals surface area contributed by atoms with Gasteiger partial charge in [0.15, 0.2) is 11.6 Å². The topological polar surface area (TPSA) is 90.2 Å². The highest BCUT2D eigenvalue weighted by atomic mass is 16.5. The zero-order valence-electron chi connectivity index (χ0n) is 14.0. The molecule has 1 aliphatic rings. The van der Waals surface area contributed by atoms with Crippen LogP contribution >= 0.6 is 0 Å². The Morgan fingerprint density at radius 1 is 1.36 bits per heavy atom. The highest BCUT2D eigenvalue weighted by molar-refractivity contribution is 5.91. The van der Waals surface area contributed by atoms with Gasteiger partial charge in [-0.15, -0.1) is 0 Å². The molecule has 8 nitrogen and oxygen atoms in total. The summed E-state index contributed by atoms with van der Waals surface area (Å²) in [5.74, 6) is 1.94. The van der Waals surface area contributed by atoms with Gasteiger partial charge in [-0.1, -0.05) is 5.16 Å². The number of aromatic nitrogens is 4. The van der Waals surface area contributed by atoms with E-state index < -0.39 is 0 Å². The molecule has 8 heteroatoms. The van der Waals surface area contributed by atoms with Crippen molar-refractivity contribution < 1.29 is 13.7 Å². The van der Waals surface area contributed by atoms with Crippen LogP contribution in [0.4, 0.5) is 0 Å². The lowest BCUT2D eigenvalue weighted by Gasteiger charge is -2.32. The number of hydrogen-bond donors (Lipinski definition) is 0. The molecule has 25 heavy (non-hydrogen) atoms. The first kappa shape index (κ1) is 15.6. The summed E-state index contributed by atoms with van der Waals surface area (Å²) in [4.78, 5) is 19.0. The van der Waals surface area contributed by atoms with Crippen LogP contribution in [-0.4, -0.2) is 37.3 Å². The van der Waals surface area contributed by atoms with Gasteiger partial charge in [-0.2, -0.15) is 10.1 Å². The van der Waals surface area contributed by atoms with Crippen LogP contribution in [-0.2, 0) is 6.54 Å². The lowest BCUT2D eigenvalue weighted by Crippen LogP contribution is -2.38. The van der Waals surface area contributed by atoms with Crippen LogP contribution in [0.15, 0.2) is 39.5 Å². The average Bonchev–Trinajstić information content (AvgIpc) is 3.37. The van der Waals surface area contributed by atoms with E-state index in [1.54, 1.807) is 28.8 Å². The molecule has 0 radical (unpaired) electrons. The van der Waals surface area contributed by atoms with Crippen LogP contribution in [0.1, 0.15) is 53.3 Å². The maximum absolute atomic E-state index is 12.9. The summed E-state index contributed by atoms with van der Waals surface area (Å²) < 4.78 is 12.8. The second-order valence-corrected chi connectivity index (χ2v) is 6.16. The van der Waals surface area contributed by atoms with Gasteiger partial charge < -0.3 is 13.8 Å². The molecule has 0 unspecified atom stereocenters. The Hall–Kier alpha value is -2.90. The molecule has 0 saturated carbocycles. The molecular formula is C17H19N5O3. The van der Waals surface area contributed by atoms with Crippen molar-refractivity contribution in [3.63, 3.8) is 0 Å². The standard InChI is InChI=1S/C17H19N5O3/c1-12-19-16(25-20-12)14-5-2-3-10-22(14)17(23)15-7-6-13(24-15)11-21-9-4-8-18-21/h4,6-9,14H,2-3,5,10-11H2,1H3/t14-/m1/s1. The third kappa shape index (κ3) is 3.19. The largest absolute Gasteiger partial charge is 0.454 e. The van der Waals surface area contributed by atoms with Crippen LogP contribution < -0.4 is 0 Å². The predicted octanol–water partition coefficient (Wildman–Crippen LogP) is 2.58. The third-order valence-corrected chi connectivity index (χ3v) is 4.34. The van der Waals surface area contributed by atoms with E-state index >= 15 is 0 Å². The van der Waals surface area contributed by atoms with Gasteiger partial charge in [-0.05, 0) is 44.4 Å². The molecule has 0 spiro atoms. The van der Waals surface area contributed by atoms with Crippen LogP contribution in [0.2, 0.25) is 0 Å². The van der Waals surface area contributed by atoms with Crippen molar-refractivity contribution in [2.45, 2.75) is 38.8 Å². The Labute approximate surface area is 144 Å². The number of amides is 1. The number of furan rings is 1. The molecule has 1 aliphatic heterocycles. The summed E-state index contributed by atoms with van der Waals surface area (Å²) in [6, 6.07) is 5.18. The maximum Gasteiger partial charge on any atom is 0.290 e. The summed E-state index contributed by atoms with van der Waals surface area (Å²) in [5.41, 5.74) is 0. The van der Waals surface area contributed by atoms with Crippen LogP contribution in [0.5, 0.6) is 0 Å². The van der Waals surface area contributed by atoms with Gasteiger partial charge in [0.1, 0.15) is 11.8 Å². The first-order chi connectivity index (χ1) is 12.2. The van der Waals surface area contributed by atoms with Crippen molar-refractivity contribution in [2.24, 2.45) is 0 Å². The molecule has 4 heterocycles.